The number of ether oxygens (including phenoxy) is 1. The lowest BCUT2D eigenvalue weighted by molar-refractivity contribution is 0.276. The first kappa shape index (κ1) is 16.1. The van der Waals surface area contributed by atoms with Crippen molar-refractivity contribution in [2.24, 2.45) is 7.05 Å². The molecule has 0 bridgehead atoms. The van der Waals surface area contributed by atoms with Gasteiger partial charge in [-0.15, -0.1) is 0 Å². The fourth-order valence-corrected chi connectivity index (χ4v) is 3.37. The Kier molecular flexibility index (Phi) is 3.72. The van der Waals surface area contributed by atoms with Gasteiger partial charge in [0.25, 0.3) is 0 Å². The Morgan fingerprint density at radius 1 is 1.15 bits per heavy atom. The second-order valence-corrected chi connectivity index (χ2v) is 6.94. The lowest BCUT2D eigenvalue weighted by atomic mass is 10.1. The minimum Gasteiger partial charge on any atom is -0.490 e. The van der Waals surface area contributed by atoms with E-state index in [2.05, 4.69) is 10.1 Å². The van der Waals surface area contributed by atoms with Crippen LogP contribution in [-0.4, -0.2) is 30.5 Å². The normalized spacial score (nSPS) is 14.0. The zero-order valence-corrected chi connectivity index (χ0v) is 15.0. The number of para-hydroxylation sites is 1. The maximum Gasteiger partial charge on any atom is 0.120 e. The largest absolute Gasteiger partial charge is 0.490 e. The van der Waals surface area contributed by atoms with Crippen molar-refractivity contribution in [3.63, 3.8) is 0 Å². The van der Waals surface area contributed by atoms with E-state index >= 15 is 0 Å². The van der Waals surface area contributed by atoms with Crippen LogP contribution in [-0.2, 0) is 13.7 Å². The summed E-state index contributed by atoms with van der Waals surface area (Å²) < 4.78 is 9.82. The number of hydrogen-bond acceptors (Lipinski definition) is 4. The summed E-state index contributed by atoms with van der Waals surface area (Å²) in [6, 6.07) is 16.0. The fourth-order valence-electron chi connectivity index (χ4n) is 3.37. The van der Waals surface area contributed by atoms with Crippen molar-refractivity contribution in [2.45, 2.75) is 25.6 Å². The maximum atomic E-state index is 9.66. The fraction of sp³-hybridized carbons (Fsp3) is 0.238. The number of aliphatic hydroxyl groups excluding tert-OH is 1. The minimum atomic E-state index is -0.111. The molecule has 0 amide bonds. The molecule has 1 aliphatic rings. The van der Waals surface area contributed by atoms with Gasteiger partial charge in [-0.1, -0.05) is 18.2 Å². The number of hydrogen-bond donors (Lipinski definition) is 1. The average molecular weight is 360 g/mol. The summed E-state index contributed by atoms with van der Waals surface area (Å²) in [5.74, 6) is 0.868. The molecule has 4 aromatic rings. The molecule has 2 aromatic carbocycles. The highest BCUT2D eigenvalue weighted by atomic mass is 16.5. The molecule has 6 heteroatoms. The molecule has 1 saturated carbocycles. The molecule has 1 fully saturated rings. The number of aliphatic hydroxyl groups is 1. The lowest BCUT2D eigenvalue weighted by Crippen LogP contribution is -2.03. The minimum absolute atomic E-state index is 0.111. The van der Waals surface area contributed by atoms with Gasteiger partial charge in [0.1, 0.15) is 5.75 Å². The summed E-state index contributed by atoms with van der Waals surface area (Å²) in [5.41, 5.74) is 5.37. The summed E-state index contributed by atoms with van der Waals surface area (Å²) >= 11 is 0. The monoisotopic (exact) mass is 360 g/mol. The van der Waals surface area contributed by atoms with Gasteiger partial charge in [0.2, 0.25) is 0 Å². The van der Waals surface area contributed by atoms with E-state index in [1.807, 2.05) is 64.8 Å². The molecular formula is C21H20N4O2. The molecule has 136 valence electrons. The van der Waals surface area contributed by atoms with Crippen LogP contribution in [0.3, 0.4) is 0 Å². The molecule has 0 radical (unpaired) electrons. The molecular weight excluding hydrogens is 340 g/mol. The van der Waals surface area contributed by atoms with Crippen LogP contribution >= 0.6 is 0 Å². The van der Waals surface area contributed by atoms with E-state index in [4.69, 9.17) is 4.74 Å². The van der Waals surface area contributed by atoms with Crippen LogP contribution in [0.25, 0.3) is 28.0 Å². The molecule has 2 aromatic heterocycles. The molecule has 0 saturated heterocycles. The summed E-state index contributed by atoms with van der Waals surface area (Å²) in [6.07, 6.45) is 4.40. The van der Waals surface area contributed by atoms with Crippen molar-refractivity contribution in [3.05, 3.63) is 60.6 Å². The van der Waals surface area contributed by atoms with Crippen LogP contribution in [0, 0.1) is 0 Å². The SMILES string of the molecule is Cn1cnc2cccc(-n3nc(CO)cc3-c3cccc(OC4CC4)c3)c21. The van der Waals surface area contributed by atoms with Crippen LogP contribution in [0.15, 0.2) is 54.9 Å². The van der Waals surface area contributed by atoms with E-state index in [0.29, 0.717) is 11.8 Å². The van der Waals surface area contributed by atoms with E-state index in [9.17, 15) is 5.11 Å². The summed E-state index contributed by atoms with van der Waals surface area (Å²) in [6.45, 7) is -0.111. The Balaban J connectivity index is 1.68. The number of fused-ring (bicyclic) bond motifs is 1. The number of aryl methyl sites for hydroxylation is 1. The maximum absolute atomic E-state index is 9.66. The topological polar surface area (TPSA) is 65.1 Å². The first-order chi connectivity index (χ1) is 13.2. The Hall–Kier alpha value is -3.12. The predicted octanol–water partition coefficient (Wildman–Crippen LogP) is 3.46. The van der Waals surface area contributed by atoms with Gasteiger partial charge in [0.05, 0.1) is 47.1 Å². The molecule has 6 nitrogen and oxygen atoms in total. The molecule has 0 atom stereocenters. The first-order valence-electron chi connectivity index (χ1n) is 9.10. The zero-order chi connectivity index (χ0) is 18.4. The van der Waals surface area contributed by atoms with Gasteiger partial charge in [-0.05, 0) is 43.2 Å². The van der Waals surface area contributed by atoms with E-state index < -0.39 is 0 Å². The van der Waals surface area contributed by atoms with Gasteiger partial charge in [0.15, 0.2) is 0 Å². The molecule has 0 aliphatic heterocycles. The number of imidazole rings is 1. The number of benzene rings is 2. The van der Waals surface area contributed by atoms with Crippen LogP contribution in [0.2, 0.25) is 0 Å². The zero-order valence-electron chi connectivity index (χ0n) is 15.0. The average Bonchev–Trinajstić information content (AvgIpc) is 3.26. The van der Waals surface area contributed by atoms with Crippen molar-refractivity contribution in [1.82, 2.24) is 19.3 Å². The van der Waals surface area contributed by atoms with E-state index in [0.717, 1.165) is 46.6 Å². The molecule has 27 heavy (non-hydrogen) atoms. The highest BCUT2D eigenvalue weighted by molar-refractivity contribution is 5.85. The van der Waals surface area contributed by atoms with Gasteiger partial charge < -0.3 is 14.4 Å². The van der Waals surface area contributed by atoms with Crippen LogP contribution in [0.4, 0.5) is 0 Å². The quantitative estimate of drug-likeness (QED) is 0.592. The van der Waals surface area contributed by atoms with Crippen molar-refractivity contribution in [3.8, 4) is 22.7 Å². The third kappa shape index (κ3) is 2.88. The Morgan fingerprint density at radius 2 is 2.00 bits per heavy atom. The van der Waals surface area contributed by atoms with Gasteiger partial charge in [-0.2, -0.15) is 5.10 Å². The number of aromatic nitrogens is 4. The molecule has 0 spiro atoms. The predicted molar refractivity (Wildman–Crippen MR) is 103 cm³/mol. The van der Waals surface area contributed by atoms with Crippen LogP contribution in [0.1, 0.15) is 18.5 Å². The third-order valence-electron chi connectivity index (χ3n) is 4.82. The summed E-state index contributed by atoms with van der Waals surface area (Å²) in [5, 5.41) is 14.3. The van der Waals surface area contributed by atoms with Gasteiger partial charge in [0, 0.05) is 12.6 Å². The van der Waals surface area contributed by atoms with Gasteiger partial charge >= 0.3 is 0 Å². The van der Waals surface area contributed by atoms with Crippen LogP contribution in [0.5, 0.6) is 5.75 Å². The molecule has 1 N–H and O–H groups in total. The van der Waals surface area contributed by atoms with E-state index in [1.54, 1.807) is 6.33 Å². The lowest BCUT2D eigenvalue weighted by Gasteiger charge is -2.11. The number of nitrogens with zero attached hydrogens (tertiary/aromatic N) is 4. The van der Waals surface area contributed by atoms with E-state index in [-0.39, 0.29) is 6.61 Å². The Morgan fingerprint density at radius 3 is 2.81 bits per heavy atom. The summed E-state index contributed by atoms with van der Waals surface area (Å²) in [4.78, 5) is 4.44. The van der Waals surface area contributed by atoms with Gasteiger partial charge in [-0.25, -0.2) is 9.67 Å². The highest BCUT2D eigenvalue weighted by Crippen LogP contribution is 2.32. The Bertz CT molecular complexity index is 1120. The third-order valence-corrected chi connectivity index (χ3v) is 4.82. The number of rotatable bonds is 5. The molecule has 0 unspecified atom stereocenters. The van der Waals surface area contributed by atoms with Crippen LogP contribution < -0.4 is 4.74 Å². The summed E-state index contributed by atoms with van der Waals surface area (Å²) in [7, 11) is 1.97. The molecule has 1 aliphatic carbocycles. The van der Waals surface area contributed by atoms with E-state index in [1.165, 1.54) is 0 Å². The standard InChI is InChI=1S/C21H20N4O2/c1-24-13-22-18-6-3-7-19(21(18)24)25-20(11-15(12-26)23-25)14-4-2-5-17(10-14)27-16-8-9-16/h2-7,10-11,13,16,26H,8-9,12H2,1H3. The smallest absolute Gasteiger partial charge is 0.120 e. The Labute approximate surface area is 156 Å². The second kappa shape index (κ2) is 6.25. The first-order valence-corrected chi connectivity index (χ1v) is 9.10. The van der Waals surface area contributed by atoms with Crippen molar-refractivity contribution >= 4 is 11.0 Å². The van der Waals surface area contributed by atoms with Crippen molar-refractivity contribution < 1.29 is 9.84 Å². The van der Waals surface area contributed by atoms with Crippen molar-refractivity contribution in [2.75, 3.05) is 0 Å². The van der Waals surface area contributed by atoms with Crippen molar-refractivity contribution in [1.29, 1.82) is 0 Å². The molecule has 2 heterocycles. The second-order valence-electron chi connectivity index (χ2n) is 6.94. The molecule has 5 rings (SSSR count). The van der Waals surface area contributed by atoms with Gasteiger partial charge in [-0.3, -0.25) is 0 Å². The highest BCUT2D eigenvalue weighted by Gasteiger charge is 2.24.